The molecule has 3 heterocycles. The summed E-state index contributed by atoms with van der Waals surface area (Å²) >= 11 is 0. The van der Waals surface area contributed by atoms with Crippen LogP contribution < -0.4 is 9.47 Å². The van der Waals surface area contributed by atoms with Crippen molar-refractivity contribution in [2.75, 3.05) is 20.2 Å². The maximum atomic E-state index is 13.3. The molecule has 1 atom stereocenters. The van der Waals surface area contributed by atoms with Crippen molar-refractivity contribution in [3.8, 4) is 23.1 Å². The maximum Gasteiger partial charge on any atom is 0.253 e. The topological polar surface area (TPSA) is 95.3 Å². The van der Waals surface area contributed by atoms with Crippen LogP contribution in [0.4, 0.5) is 0 Å². The molecule has 4 aromatic rings. The first-order valence-corrected chi connectivity index (χ1v) is 11.1. The van der Waals surface area contributed by atoms with Gasteiger partial charge in [-0.1, -0.05) is 12.1 Å². The van der Waals surface area contributed by atoms with Crippen molar-refractivity contribution in [1.82, 2.24) is 29.6 Å². The standard InChI is InChI=1S/C25H24N6O3/c1-33-21-8-3-9-22(14-21)34-24-23(26-10-11-27-24)19-6-4-12-30(15-19)25(32)18-5-2-7-20(13-18)31-16-28-29-17-31/h2-3,5,7-11,13-14,16-17,19H,4,6,12,15H2,1H3. The van der Waals surface area contributed by atoms with Gasteiger partial charge in [0, 0.05) is 48.7 Å². The van der Waals surface area contributed by atoms with Crippen LogP contribution in [0.5, 0.6) is 17.4 Å². The van der Waals surface area contributed by atoms with Crippen molar-refractivity contribution in [2.24, 2.45) is 0 Å². The molecule has 9 heteroatoms. The van der Waals surface area contributed by atoms with Crippen LogP contribution in [0.3, 0.4) is 0 Å². The van der Waals surface area contributed by atoms with Crippen LogP contribution in [0, 0.1) is 0 Å². The number of carbonyl (C=O) groups is 1. The van der Waals surface area contributed by atoms with Crippen molar-refractivity contribution in [3.05, 3.63) is 84.8 Å². The second-order valence-electron chi connectivity index (χ2n) is 8.04. The summed E-state index contributed by atoms with van der Waals surface area (Å²) in [5.74, 6) is 1.78. The van der Waals surface area contributed by atoms with Gasteiger partial charge in [0.2, 0.25) is 5.88 Å². The van der Waals surface area contributed by atoms with Gasteiger partial charge < -0.3 is 14.4 Å². The zero-order chi connectivity index (χ0) is 23.3. The summed E-state index contributed by atoms with van der Waals surface area (Å²) in [7, 11) is 1.61. The Morgan fingerprint density at radius 1 is 1.00 bits per heavy atom. The van der Waals surface area contributed by atoms with Crippen molar-refractivity contribution in [1.29, 1.82) is 0 Å². The number of ether oxygens (including phenoxy) is 2. The Morgan fingerprint density at radius 3 is 2.65 bits per heavy atom. The fraction of sp³-hybridized carbons (Fsp3) is 0.240. The minimum atomic E-state index is -0.0150. The molecule has 0 bridgehead atoms. The first-order valence-electron chi connectivity index (χ1n) is 11.1. The van der Waals surface area contributed by atoms with Gasteiger partial charge in [0.1, 0.15) is 29.8 Å². The molecule has 1 amide bonds. The van der Waals surface area contributed by atoms with Gasteiger partial charge in [0.05, 0.1) is 7.11 Å². The van der Waals surface area contributed by atoms with E-state index >= 15 is 0 Å². The van der Waals surface area contributed by atoms with Crippen molar-refractivity contribution in [3.63, 3.8) is 0 Å². The Bertz CT molecular complexity index is 1280. The molecule has 0 N–H and O–H groups in total. The van der Waals surface area contributed by atoms with Gasteiger partial charge in [-0.15, -0.1) is 10.2 Å². The molecule has 172 valence electrons. The van der Waals surface area contributed by atoms with E-state index in [1.165, 1.54) is 0 Å². The third-order valence-corrected chi connectivity index (χ3v) is 5.85. The Balaban J connectivity index is 1.35. The van der Waals surface area contributed by atoms with E-state index < -0.39 is 0 Å². The van der Waals surface area contributed by atoms with Crippen LogP contribution in [-0.2, 0) is 0 Å². The number of piperidine rings is 1. The van der Waals surface area contributed by atoms with Crippen molar-refractivity contribution >= 4 is 5.91 Å². The van der Waals surface area contributed by atoms with Gasteiger partial charge in [-0.2, -0.15) is 0 Å². The molecule has 0 saturated carbocycles. The Labute approximate surface area is 197 Å². The normalized spacial score (nSPS) is 15.7. The maximum absolute atomic E-state index is 13.3. The minimum Gasteiger partial charge on any atom is -0.497 e. The lowest BCUT2D eigenvalue weighted by Gasteiger charge is -2.33. The molecule has 1 aliphatic rings. The Hall–Kier alpha value is -4.27. The fourth-order valence-corrected chi connectivity index (χ4v) is 4.17. The molecule has 5 rings (SSSR count). The molecule has 0 aliphatic carbocycles. The van der Waals surface area contributed by atoms with Gasteiger partial charge in [0.25, 0.3) is 5.91 Å². The van der Waals surface area contributed by atoms with Gasteiger partial charge in [0.15, 0.2) is 0 Å². The van der Waals surface area contributed by atoms with Crippen LogP contribution >= 0.6 is 0 Å². The Kier molecular flexibility index (Phi) is 6.15. The molecular weight excluding hydrogens is 432 g/mol. The first-order chi connectivity index (χ1) is 16.7. The molecule has 2 aromatic carbocycles. The summed E-state index contributed by atoms with van der Waals surface area (Å²) in [4.78, 5) is 24.2. The number of benzene rings is 2. The van der Waals surface area contributed by atoms with Gasteiger partial charge in [-0.25, -0.2) is 4.98 Å². The average Bonchev–Trinajstić information content (AvgIpc) is 3.44. The molecule has 0 radical (unpaired) electrons. The third-order valence-electron chi connectivity index (χ3n) is 5.85. The fourth-order valence-electron chi connectivity index (χ4n) is 4.17. The van der Waals surface area contributed by atoms with Crippen molar-refractivity contribution in [2.45, 2.75) is 18.8 Å². The van der Waals surface area contributed by atoms with Crippen LogP contribution in [-0.4, -0.2) is 55.7 Å². The third kappa shape index (κ3) is 4.59. The summed E-state index contributed by atoms with van der Waals surface area (Å²) < 4.78 is 13.1. The van der Waals surface area contributed by atoms with E-state index in [9.17, 15) is 4.79 Å². The lowest BCUT2D eigenvalue weighted by Crippen LogP contribution is -2.39. The predicted octanol–water partition coefficient (Wildman–Crippen LogP) is 3.88. The highest BCUT2D eigenvalue weighted by atomic mass is 16.5. The summed E-state index contributed by atoms with van der Waals surface area (Å²) in [6.45, 7) is 1.24. The number of rotatable bonds is 6. The lowest BCUT2D eigenvalue weighted by molar-refractivity contribution is 0.0704. The number of amides is 1. The molecule has 2 aromatic heterocycles. The van der Waals surface area contributed by atoms with E-state index in [0.29, 0.717) is 36.0 Å². The minimum absolute atomic E-state index is 0.0150. The molecule has 9 nitrogen and oxygen atoms in total. The SMILES string of the molecule is COc1cccc(Oc2nccnc2C2CCCN(C(=O)c3cccc(-n4cnnc4)c3)C2)c1. The zero-order valence-corrected chi connectivity index (χ0v) is 18.7. The number of likely N-dealkylation sites (tertiary alicyclic amines) is 1. The van der Waals surface area contributed by atoms with Crippen LogP contribution in [0.25, 0.3) is 5.69 Å². The smallest absolute Gasteiger partial charge is 0.253 e. The van der Waals surface area contributed by atoms with E-state index in [2.05, 4.69) is 20.2 Å². The second kappa shape index (κ2) is 9.70. The highest BCUT2D eigenvalue weighted by Crippen LogP contribution is 2.34. The average molecular weight is 457 g/mol. The predicted molar refractivity (Wildman–Crippen MR) is 124 cm³/mol. The summed E-state index contributed by atoms with van der Waals surface area (Å²) in [5.41, 5.74) is 2.22. The number of methoxy groups -OCH3 is 1. The molecular formula is C25H24N6O3. The second-order valence-corrected chi connectivity index (χ2v) is 8.04. The van der Waals surface area contributed by atoms with E-state index in [0.717, 1.165) is 24.2 Å². The monoisotopic (exact) mass is 456 g/mol. The Morgan fingerprint density at radius 2 is 1.79 bits per heavy atom. The van der Waals surface area contributed by atoms with Gasteiger partial charge in [-0.3, -0.25) is 14.3 Å². The number of hydrogen-bond acceptors (Lipinski definition) is 7. The summed E-state index contributed by atoms with van der Waals surface area (Å²) in [5, 5.41) is 7.68. The molecule has 1 unspecified atom stereocenters. The molecule has 1 saturated heterocycles. The number of nitrogens with zero attached hydrogens (tertiary/aromatic N) is 6. The summed E-state index contributed by atoms with van der Waals surface area (Å²) in [6, 6.07) is 14.8. The molecule has 34 heavy (non-hydrogen) atoms. The quantitative estimate of drug-likeness (QED) is 0.434. The van der Waals surface area contributed by atoms with Gasteiger partial charge >= 0.3 is 0 Å². The number of aromatic nitrogens is 5. The summed E-state index contributed by atoms with van der Waals surface area (Å²) in [6.07, 6.45) is 8.27. The van der Waals surface area contributed by atoms with Crippen LogP contribution in [0.15, 0.2) is 73.6 Å². The zero-order valence-electron chi connectivity index (χ0n) is 18.7. The van der Waals surface area contributed by atoms with Gasteiger partial charge in [-0.05, 0) is 43.2 Å². The van der Waals surface area contributed by atoms with E-state index in [4.69, 9.17) is 9.47 Å². The molecule has 0 spiro atoms. The number of hydrogen-bond donors (Lipinski definition) is 0. The van der Waals surface area contributed by atoms with E-state index in [-0.39, 0.29) is 11.8 Å². The van der Waals surface area contributed by atoms with E-state index in [1.54, 1.807) is 42.8 Å². The van der Waals surface area contributed by atoms with E-state index in [1.807, 2.05) is 47.4 Å². The van der Waals surface area contributed by atoms with Crippen LogP contribution in [0.1, 0.15) is 34.8 Å². The van der Waals surface area contributed by atoms with Crippen LogP contribution in [0.2, 0.25) is 0 Å². The number of carbonyl (C=O) groups excluding carboxylic acids is 1. The highest BCUT2D eigenvalue weighted by molar-refractivity contribution is 5.94. The first kappa shape index (κ1) is 21.6. The van der Waals surface area contributed by atoms with Crippen molar-refractivity contribution < 1.29 is 14.3 Å². The lowest BCUT2D eigenvalue weighted by atomic mass is 9.94. The largest absolute Gasteiger partial charge is 0.497 e. The highest BCUT2D eigenvalue weighted by Gasteiger charge is 2.29. The molecule has 1 aliphatic heterocycles. The molecule has 1 fully saturated rings.